The summed E-state index contributed by atoms with van der Waals surface area (Å²) in [5, 5.41) is 6.33. The minimum atomic E-state index is 0.139. The van der Waals surface area contributed by atoms with Crippen LogP contribution in [0.2, 0.25) is 0 Å². The topological polar surface area (TPSA) is 26.2 Å². The van der Waals surface area contributed by atoms with Crippen molar-refractivity contribution in [3.05, 3.63) is 77.4 Å². The van der Waals surface area contributed by atoms with Crippen molar-refractivity contribution in [1.82, 2.24) is 9.88 Å². The van der Waals surface area contributed by atoms with Crippen molar-refractivity contribution in [3.8, 4) is 11.1 Å². The lowest BCUT2D eigenvalue weighted by Gasteiger charge is -2.20. The van der Waals surface area contributed by atoms with Gasteiger partial charge in [-0.2, -0.15) is 0 Å². The van der Waals surface area contributed by atoms with Crippen molar-refractivity contribution in [2.24, 2.45) is 0 Å². The van der Waals surface area contributed by atoms with Gasteiger partial charge in [-0.25, -0.2) is 0 Å². The van der Waals surface area contributed by atoms with Crippen LogP contribution in [0.25, 0.3) is 38.6 Å². The highest BCUT2D eigenvalue weighted by atomic mass is 16.5. The number of hydrogen-bond acceptors (Lipinski definition) is 2. The van der Waals surface area contributed by atoms with E-state index in [-0.39, 0.29) is 12.3 Å². The smallest absolute Gasteiger partial charge is 0.135 e. The summed E-state index contributed by atoms with van der Waals surface area (Å²) in [5.74, 6) is 0.318. The first-order chi connectivity index (χ1) is 14.3. The molecule has 1 aromatic heterocycles. The molecule has 3 nitrogen and oxygen atoms in total. The Morgan fingerprint density at radius 1 is 1.00 bits per heavy atom. The summed E-state index contributed by atoms with van der Waals surface area (Å²) in [6.07, 6.45) is 2.60. The van der Waals surface area contributed by atoms with Gasteiger partial charge in [-0.3, -0.25) is 0 Å². The Balaban J connectivity index is 1.71. The SMILES string of the molecule is C=C1NCc2c1c1c3c4c2c2ccccc2n4C2CCC(O2)C3c2ccccc2-1. The molecule has 0 amide bonds. The maximum absolute atomic E-state index is 6.74. The van der Waals surface area contributed by atoms with Gasteiger partial charge in [0.1, 0.15) is 6.23 Å². The number of rotatable bonds is 0. The van der Waals surface area contributed by atoms with Crippen LogP contribution in [0.5, 0.6) is 0 Å². The van der Waals surface area contributed by atoms with Crippen molar-refractivity contribution in [2.45, 2.75) is 37.6 Å². The summed E-state index contributed by atoms with van der Waals surface area (Å²) >= 11 is 0. The van der Waals surface area contributed by atoms with Gasteiger partial charge >= 0.3 is 0 Å². The number of nitrogens with zero attached hydrogens (tertiary/aromatic N) is 1. The average Bonchev–Trinajstić information content (AvgIpc) is 3.47. The predicted octanol–water partition coefficient (Wildman–Crippen LogP) is 5.67. The number of aromatic nitrogens is 1. The van der Waals surface area contributed by atoms with E-state index in [2.05, 4.69) is 65.0 Å². The van der Waals surface area contributed by atoms with Crippen LogP contribution in [0, 0.1) is 0 Å². The molecule has 8 rings (SSSR count). The monoisotopic (exact) mass is 376 g/mol. The highest BCUT2D eigenvalue weighted by Gasteiger charge is 2.47. The quantitative estimate of drug-likeness (QED) is 0.428. The van der Waals surface area contributed by atoms with Crippen molar-refractivity contribution in [2.75, 3.05) is 0 Å². The van der Waals surface area contributed by atoms with E-state index >= 15 is 0 Å². The van der Waals surface area contributed by atoms with Gasteiger partial charge < -0.3 is 14.6 Å². The zero-order valence-corrected chi connectivity index (χ0v) is 16.0. The molecule has 3 aliphatic heterocycles. The van der Waals surface area contributed by atoms with E-state index in [1.54, 1.807) is 0 Å². The molecule has 1 fully saturated rings. The van der Waals surface area contributed by atoms with Gasteiger partial charge in [-0.1, -0.05) is 49.0 Å². The van der Waals surface area contributed by atoms with Crippen LogP contribution in [0.4, 0.5) is 0 Å². The number of benzene rings is 3. The summed E-state index contributed by atoms with van der Waals surface area (Å²) in [6, 6.07) is 17.8. The average molecular weight is 376 g/mol. The van der Waals surface area contributed by atoms with Crippen molar-refractivity contribution < 1.29 is 4.74 Å². The third-order valence-corrected chi connectivity index (χ3v) is 7.63. The van der Waals surface area contributed by atoms with E-state index < -0.39 is 0 Å². The minimum Gasteiger partial charge on any atom is -0.381 e. The molecular weight excluding hydrogens is 356 g/mol. The lowest BCUT2D eigenvalue weighted by atomic mass is 9.85. The molecule has 0 radical (unpaired) electrons. The molecular formula is C26H20N2O. The third-order valence-electron chi connectivity index (χ3n) is 7.63. The summed E-state index contributed by atoms with van der Waals surface area (Å²) in [5.41, 5.74) is 12.2. The van der Waals surface area contributed by atoms with Crippen LogP contribution < -0.4 is 5.32 Å². The first-order valence-electron chi connectivity index (χ1n) is 10.6. The molecule has 2 bridgehead atoms. The van der Waals surface area contributed by atoms with Crippen LogP contribution in [0.1, 0.15) is 47.2 Å². The zero-order valence-electron chi connectivity index (χ0n) is 16.0. The summed E-state index contributed by atoms with van der Waals surface area (Å²) < 4.78 is 9.26. The summed E-state index contributed by atoms with van der Waals surface area (Å²) in [4.78, 5) is 0. The van der Waals surface area contributed by atoms with E-state index in [1.165, 1.54) is 55.2 Å². The molecule has 3 unspecified atom stereocenters. The molecule has 0 saturated carbocycles. The van der Waals surface area contributed by atoms with Gasteiger partial charge in [-0.15, -0.1) is 0 Å². The fraction of sp³-hybridized carbons (Fsp3) is 0.231. The standard InChI is InChI=1S/C26H20N2O/c1-13-21-17(12-27-13)22-16-8-4-5-9-18(16)28-20-11-10-19(29-20)23-14-6-2-3-7-15(14)24(21)25(23)26(22)28/h2-9,19-20,23,27H,1,10-12H2. The minimum absolute atomic E-state index is 0.139. The van der Waals surface area contributed by atoms with E-state index in [0.717, 1.165) is 25.1 Å². The molecule has 3 atom stereocenters. The van der Waals surface area contributed by atoms with Gasteiger partial charge in [0.25, 0.3) is 0 Å². The highest BCUT2D eigenvalue weighted by Crippen LogP contribution is 2.60. The van der Waals surface area contributed by atoms with E-state index in [1.807, 2.05) is 0 Å². The summed E-state index contributed by atoms with van der Waals surface area (Å²) in [6.45, 7) is 5.26. The highest BCUT2D eigenvalue weighted by molar-refractivity contribution is 6.16. The fourth-order valence-electron chi connectivity index (χ4n) is 6.65. The molecule has 1 N–H and O–H groups in total. The lowest BCUT2D eigenvalue weighted by Crippen LogP contribution is -2.16. The van der Waals surface area contributed by atoms with Crippen LogP contribution in [-0.4, -0.2) is 10.7 Å². The molecule has 0 spiro atoms. The van der Waals surface area contributed by atoms with Gasteiger partial charge in [0.05, 0.1) is 17.1 Å². The maximum Gasteiger partial charge on any atom is 0.135 e. The van der Waals surface area contributed by atoms with Crippen LogP contribution in [-0.2, 0) is 11.3 Å². The lowest BCUT2D eigenvalue weighted by molar-refractivity contribution is 0.00494. The molecule has 4 heterocycles. The van der Waals surface area contributed by atoms with Crippen LogP contribution >= 0.6 is 0 Å². The second-order valence-electron chi connectivity index (χ2n) is 8.86. The molecule has 4 aliphatic rings. The Morgan fingerprint density at radius 2 is 1.86 bits per heavy atom. The van der Waals surface area contributed by atoms with Crippen LogP contribution in [0.15, 0.2) is 55.1 Å². The van der Waals surface area contributed by atoms with Crippen molar-refractivity contribution in [1.29, 1.82) is 0 Å². The van der Waals surface area contributed by atoms with Gasteiger partial charge in [0, 0.05) is 34.5 Å². The van der Waals surface area contributed by atoms with E-state index in [9.17, 15) is 0 Å². The Labute approximate surface area is 168 Å². The van der Waals surface area contributed by atoms with Crippen molar-refractivity contribution >= 4 is 27.5 Å². The number of para-hydroxylation sites is 1. The molecule has 140 valence electrons. The van der Waals surface area contributed by atoms with E-state index in [0.29, 0.717) is 5.92 Å². The van der Waals surface area contributed by atoms with Gasteiger partial charge in [0.15, 0.2) is 0 Å². The third kappa shape index (κ3) is 1.52. The van der Waals surface area contributed by atoms with E-state index in [4.69, 9.17) is 4.74 Å². The number of nitrogens with one attached hydrogen (secondary N) is 1. The maximum atomic E-state index is 6.74. The van der Waals surface area contributed by atoms with Gasteiger partial charge in [-0.05, 0) is 46.7 Å². The Bertz CT molecular complexity index is 1430. The first kappa shape index (κ1) is 14.9. The summed E-state index contributed by atoms with van der Waals surface area (Å²) in [7, 11) is 0. The molecule has 3 heteroatoms. The number of fused-ring (bicyclic) bond motifs is 13. The number of ether oxygens (including phenoxy) is 1. The molecule has 4 aromatic rings. The molecule has 29 heavy (non-hydrogen) atoms. The first-order valence-corrected chi connectivity index (χ1v) is 10.6. The molecule has 1 saturated heterocycles. The second-order valence-corrected chi connectivity index (χ2v) is 8.86. The Morgan fingerprint density at radius 3 is 2.83 bits per heavy atom. The number of hydrogen-bond donors (Lipinski definition) is 1. The van der Waals surface area contributed by atoms with Crippen LogP contribution in [0.3, 0.4) is 0 Å². The molecule has 3 aromatic carbocycles. The second kappa shape index (κ2) is 4.74. The largest absolute Gasteiger partial charge is 0.381 e. The molecule has 1 aliphatic carbocycles. The van der Waals surface area contributed by atoms with Gasteiger partial charge in [0.2, 0.25) is 0 Å². The van der Waals surface area contributed by atoms with Crippen molar-refractivity contribution in [3.63, 3.8) is 0 Å². The normalized spacial score (nSPS) is 25.4. The zero-order chi connectivity index (χ0) is 18.9. The fourth-order valence-corrected chi connectivity index (χ4v) is 6.65. The predicted molar refractivity (Wildman–Crippen MR) is 116 cm³/mol. The Hall–Kier alpha value is -3.04. The Kier molecular flexibility index (Phi) is 2.44.